The Hall–Kier alpha value is -2.45. The summed E-state index contributed by atoms with van der Waals surface area (Å²) in [6.07, 6.45) is 5.74. The Morgan fingerprint density at radius 1 is 1.23 bits per heavy atom. The van der Waals surface area contributed by atoms with Gasteiger partial charge in [-0.1, -0.05) is 19.0 Å². The largest absolute Gasteiger partial charge is 0.476 e. The van der Waals surface area contributed by atoms with Gasteiger partial charge in [-0.05, 0) is 18.9 Å². The number of likely N-dealkylation sites (tertiary alicyclic amines) is 1. The van der Waals surface area contributed by atoms with Gasteiger partial charge in [-0.2, -0.15) is 0 Å². The van der Waals surface area contributed by atoms with E-state index >= 15 is 0 Å². The Labute approximate surface area is 159 Å². The first-order valence-corrected chi connectivity index (χ1v) is 8.91. The molecule has 9 heteroatoms. The third-order valence-corrected chi connectivity index (χ3v) is 4.51. The Morgan fingerprint density at radius 3 is 2.54 bits per heavy atom. The number of amides is 1. The maximum atomic E-state index is 12.1. The zero-order valence-electron chi connectivity index (χ0n) is 13.1. The number of halogens is 1. The van der Waals surface area contributed by atoms with Gasteiger partial charge in [0.25, 0.3) is 5.91 Å². The monoisotopic (exact) mass is 394 g/mol. The SMILES string of the molecule is C.O=C(O)c1cscn1.O=C(c1cn2ccc(Cl)cc2n1)N1CCCC1. The lowest BCUT2D eigenvalue weighted by Crippen LogP contribution is -2.27. The summed E-state index contributed by atoms with van der Waals surface area (Å²) in [7, 11) is 0. The molecule has 1 saturated heterocycles. The summed E-state index contributed by atoms with van der Waals surface area (Å²) in [4.78, 5) is 31.8. The van der Waals surface area contributed by atoms with E-state index < -0.39 is 5.97 Å². The van der Waals surface area contributed by atoms with E-state index in [4.69, 9.17) is 16.7 Å². The van der Waals surface area contributed by atoms with Gasteiger partial charge in [0.05, 0.1) is 5.51 Å². The minimum Gasteiger partial charge on any atom is -0.476 e. The van der Waals surface area contributed by atoms with Gasteiger partial charge in [-0.15, -0.1) is 11.3 Å². The molecule has 4 rings (SSSR count). The molecule has 0 radical (unpaired) electrons. The molecule has 138 valence electrons. The fraction of sp³-hybridized carbons (Fsp3) is 0.294. The summed E-state index contributed by atoms with van der Waals surface area (Å²) in [5, 5.41) is 10.3. The number of thiazole rings is 1. The number of carbonyl (C=O) groups excluding carboxylic acids is 1. The van der Waals surface area contributed by atoms with Crippen LogP contribution in [0.2, 0.25) is 5.02 Å². The molecule has 0 spiro atoms. The maximum Gasteiger partial charge on any atom is 0.355 e. The van der Waals surface area contributed by atoms with Crippen LogP contribution < -0.4 is 0 Å². The highest BCUT2D eigenvalue weighted by Gasteiger charge is 2.21. The highest BCUT2D eigenvalue weighted by atomic mass is 35.5. The Balaban J connectivity index is 0.000000230. The van der Waals surface area contributed by atoms with E-state index in [-0.39, 0.29) is 19.0 Å². The van der Waals surface area contributed by atoms with E-state index in [1.807, 2.05) is 15.5 Å². The smallest absolute Gasteiger partial charge is 0.355 e. The zero-order chi connectivity index (χ0) is 17.8. The number of hydrogen-bond acceptors (Lipinski definition) is 5. The second-order valence-electron chi connectivity index (χ2n) is 5.41. The summed E-state index contributed by atoms with van der Waals surface area (Å²) < 4.78 is 1.81. The highest BCUT2D eigenvalue weighted by Crippen LogP contribution is 2.15. The third kappa shape index (κ3) is 4.59. The van der Waals surface area contributed by atoms with Crippen LogP contribution in [-0.2, 0) is 0 Å². The van der Waals surface area contributed by atoms with Gasteiger partial charge < -0.3 is 14.4 Å². The van der Waals surface area contributed by atoms with Gasteiger partial charge in [0.15, 0.2) is 5.69 Å². The van der Waals surface area contributed by atoms with E-state index in [1.54, 1.807) is 18.3 Å². The van der Waals surface area contributed by atoms with Gasteiger partial charge >= 0.3 is 5.97 Å². The summed E-state index contributed by atoms with van der Waals surface area (Å²) >= 11 is 7.16. The van der Waals surface area contributed by atoms with Crippen molar-refractivity contribution in [3.63, 3.8) is 0 Å². The van der Waals surface area contributed by atoms with Crippen LogP contribution in [0.25, 0.3) is 5.65 Å². The maximum absolute atomic E-state index is 12.1. The molecule has 1 aliphatic heterocycles. The lowest BCUT2D eigenvalue weighted by molar-refractivity contribution is 0.0690. The van der Waals surface area contributed by atoms with Crippen LogP contribution in [-0.4, -0.2) is 49.3 Å². The normalized spacial score (nSPS) is 13.0. The summed E-state index contributed by atoms with van der Waals surface area (Å²) in [5.41, 5.74) is 2.81. The van der Waals surface area contributed by atoms with Crippen LogP contribution in [0.4, 0.5) is 0 Å². The minimum absolute atomic E-state index is 0. The molecule has 1 aliphatic rings. The standard InChI is InChI=1S/C12H12ClN3O.C4H3NO2S.CH4/c13-9-3-6-16-8-10(14-11(16)7-9)12(17)15-4-1-2-5-15;6-4(7)3-1-8-2-5-3;/h3,6-8H,1-2,4-5H2;1-2H,(H,6,7);1H4. The number of nitrogens with zero attached hydrogens (tertiary/aromatic N) is 4. The first kappa shape index (κ1) is 19.9. The molecule has 26 heavy (non-hydrogen) atoms. The van der Waals surface area contributed by atoms with Crippen molar-refractivity contribution in [2.24, 2.45) is 0 Å². The lowest BCUT2D eigenvalue weighted by Gasteiger charge is -2.12. The number of carboxylic acid groups (broad SMARTS) is 1. The molecular formula is C17H19ClN4O3S. The molecule has 0 aliphatic carbocycles. The minimum atomic E-state index is -0.966. The third-order valence-electron chi connectivity index (χ3n) is 3.69. The molecule has 3 aromatic heterocycles. The molecule has 7 nitrogen and oxygen atoms in total. The number of pyridine rings is 1. The Kier molecular flexibility index (Phi) is 6.70. The Bertz CT molecular complexity index is 889. The van der Waals surface area contributed by atoms with Crippen LogP contribution in [0, 0.1) is 0 Å². The van der Waals surface area contributed by atoms with Crippen molar-refractivity contribution in [1.29, 1.82) is 0 Å². The molecule has 3 aromatic rings. The van der Waals surface area contributed by atoms with Crippen molar-refractivity contribution in [2.75, 3.05) is 13.1 Å². The number of carbonyl (C=O) groups is 2. The number of aromatic carboxylic acids is 1. The molecule has 0 unspecified atom stereocenters. The fourth-order valence-corrected chi connectivity index (χ4v) is 3.14. The van der Waals surface area contributed by atoms with E-state index in [0.29, 0.717) is 16.4 Å². The number of imidazole rings is 1. The number of carboxylic acids is 1. The quantitative estimate of drug-likeness (QED) is 0.715. The summed E-state index contributed by atoms with van der Waals surface area (Å²) in [5.74, 6) is -0.950. The van der Waals surface area contributed by atoms with E-state index in [0.717, 1.165) is 25.9 Å². The van der Waals surface area contributed by atoms with Crippen molar-refractivity contribution >= 4 is 40.5 Å². The average molecular weight is 395 g/mol. The predicted octanol–water partition coefficient (Wildman–Crippen LogP) is 3.70. The summed E-state index contributed by atoms with van der Waals surface area (Å²) in [6.45, 7) is 1.68. The van der Waals surface area contributed by atoms with Gasteiger partial charge in [0.2, 0.25) is 0 Å². The van der Waals surface area contributed by atoms with Crippen LogP contribution in [0.5, 0.6) is 0 Å². The van der Waals surface area contributed by atoms with Crippen molar-refractivity contribution in [1.82, 2.24) is 19.3 Å². The highest BCUT2D eigenvalue weighted by molar-refractivity contribution is 7.07. The number of aromatic nitrogens is 3. The van der Waals surface area contributed by atoms with Crippen LogP contribution in [0.3, 0.4) is 0 Å². The molecule has 1 amide bonds. The number of rotatable bonds is 2. The number of fused-ring (bicyclic) bond motifs is 1. The molecule has 0 aromatic carbocycles. The van der Waals surface area contributed by atoms with Crippen molar-refractivity contribution in [2.45, 2.75) is 20.3 Å². The second kappa shape index (κ2) is 8.77. The molecule has 1 N–H and O–H groups in total. The first-order valence-electron chi connectivity index (χ1n) is 7.59. The molecular weight excluding hydrogens is 376 g/mol. The molecule has 0 bridgehead atoms. The molecule has 0 saturated carbocycles. The molecule has 4 heterocycles. The van der Waals surface area contributed by atoms with Crippen molar-refractivity contribution < 1.29 is 14.7 Å². The van der Waals surface area contributed by atoms with E-state index in [1.165, 1.54) is 22.2 Å². The van der Waals surface area contributed by atoms with E-state index in [2.05, 4.69) is 9.97 Å². The van der Waals surface area contributed by atoms with Gasteiger partial charge in [0, 0.05) is 42.0 Å². The van der Waals surface area contributed by atoms with Crippen LogP contribution in [0.1, 0.15) is 41.2 Å². The second-order valence-corrected chi connectivity index (χ2v) is 6.57. The molecule has 1 fully saturated rings. The lowest BCUT2D eigenvalue weighted by atomic mass is 10.4. The average Bonchev–Trinajstić information content (AvgIpc) is 3.33. The van der Waals surface area contributed by atoms with Crippen molar-refractivity contribution in [3.8, 4) is 0 Å². The predicted molar refractivity (Wildman–Crippen MR) is 101 cm³/mol. The topological polar surface area (TPSA) is 87.8 Å². The Morgan fingerprint density at radius 2 is 1.96 bits per heavy atom. The van der Waals surface area contributed by atoms with E-state index in [9.17, 15) is 9.59 Å². The fourth-order valence-electron chi connectivity index (χ4n) is 2.46. The van der Waals surface area contributed by atoms with Crippen LogP contribution in [0.15, 0.2) is 35.4 Å². The van der Waals surface area contributed by atoms with Gasteiger partial charge in [-0.3, -0.25) is 4.79 Å². The first-order chi connectivity index (χ1) is 12.0. The van der Waals surface area contributed by atoms with Gasteiger partial charge in [0.1, 0.15) is 11.3 Å². The molecule has 0 atom stereocenters. The van der Waals surface area contributed by atoms with Gasteiger partial charge in [-0.25, -0.2) is 14.8 Å². The van der Waals surface area contributed by atoms with Crippen molar-refractivity contribution in [3.05, 3.63) is 51.8 Å². The summed E-state index contributed by atoms with van der Waals surface area (Å²) in [6, 6.07) is 3.53. The number of hydrogen-bond donors (Lipinski definition) is 1. The zero-order valence-corrected chi connectivity index (χ0v) is 14.7. The van der Waals surface area contributed by atoms with Crippen LogP contribution >= 0.6 is 22.9 Å².